The zero-order valence-corrected chi connectivity index (χ0v) is 17.3. The van der Waals surface area contributed by atoms with Gasteiger partial charge in [-0.05, 0) is 37.1 Å². The minimum atomic E-state index is -0.894. The Kier molecular flexibility index (Phi) is 7.88. The number of ether oxygens (including phenoxy) is 3. The van der Waals surface area contributed by atoms with E-state index in [2.05, 4.69) is 6.58 Å². The van der Waals surface area contributed by atoms with Crippen molar-refractivity contribution in [3.8, 4) is 0 Å². The van der Waals surface area contributed by atoms with Gasteiger partial charge in [0.15, 0.2) is 0 Å². The fourth-order valence-electron chi connectivity index (χ4n) is 3.44. The Morgan fingerprint density at radius 1 is 1.33 bits per heavy atom. The molecule has 0 amide bonds. The summed E-state index contributed by atoms with van der Waals surface area (Å²) < 4.78 is 16.3. The van der Waals surface area contributed by atoms with E-state index in [1.165, 1.54) is 19.9 Å². The first kappa shape index (κ1) is 23.3. The second kappa shape index (κ2) is 10.2. The van der Waals surface area contributed by atoms with Gasteiger partial charge in [0.2, 0.25) is 0 Å². The van der Waals surface area contributed by atoms with E-state index >= 15 is 0 Å². The third kappa shape index (κ3) is 5.54. The van der Waals surface area contributed by atoms with Gasteiger partial charge in [-0.25, -0.2) is 9.59 Å². The van der Waals surface area contributed by atoms with Crippen LogP contribution in [0.4, 0.5) is 0 Å². The van der Waals surface area contributed by atoms with Crippen LogP contribution in [0.15, 0.2) is 47.1 Å². The van der Waals surface area contributed by atoms with Gasteiger partial charge >= 0.3 is 17.9 Å². The van der Waals surface area contributed by atoms with Crippen molar-refractivity contribution in [3.63, 3.8) is 0 Å². The Hall–Kier alpha value is -3.00. The van der Waals surface area contributed by atoms with E-state index in [-0.39, 0.29) is 30.6 Å². The molecule has 1 heterocycles. The van der Waals surface area contributed by atoms with Crippen LogP contribution in [-0.4, -0.2) is 54.2 Å². The fourth-order valence-corrected chi connectivity index (χ4v) is 3.44. The molecule has 2 aliphatic rings. The van der Waals surface area contributed by atoms with Crippen LogP contribution in [0.25, 0.3) is 0 Å². The van der Waals surface area contributed by atoms with Crippen LogP contribution in [0, 0.1) is 5.92 Å². The molecule has 8 nitrogen and oxygen atoms in total. The van der Waals surface area contributed by atoms with E-state index in [1.807, 2.05) is 0 Å². The summed E-state index contributed by atoms with van der Waals surface area (Å²) in [6, 6.07) is 0. The third-order valence-corrected chi connectivity index (χ3v) is 5.07. The van der Waals surface area contributed by atoms with Crippen molar-refractivity contribution in [1.29, 1.82) is 0 Å². The second-order valence-corrected chi connectivity index (χ2v) is 7.28. The van der Waals surface area contributed by atoms with Crippen LogP contribution in [-0.2, 0) is 33.4 Å². The maximum Gasteiger partial charge on any atom is 0.334 e. The molecule has 0 radical (unpaired) electrons. The van der Waals surface area contributed by atoms with E-state index in [1.54, 1.807) is 19.1 Å². The first-order valence-electron chi connectivity index (χ1n) is 9.56. The topological polar surface area (TPSA) is 116 Å². The monoisotopic (exact) mass is 418 g/mol. The average molecular weight is 418 g/mol. The number of fused-ring (bicyclic) bond motifs is 1. The highest BCUT2D eigenvalue weighted by Crippen LogP contribution is 2.36. The summed E-state index contributed by atoms with van der Waals surface area (Å²) in [7, 11) is 0. The highest BCUT2D eigenvalue weighted by atomic mass is 16.6. The molecule has 30 heavy (non-hydrogen) atoms. The van der Waals surface area contributed by atoms with Crippen molar-refractivity contribution < 1.29 is 38.5 Å². The van der Waals surface area contributed by atoms with Crippen LogP contribution < -0.4 is 0 Å². The molecule has 2 unspecified atom stereocenters. The standard InChI is InChI=1S/C22H26O8/c1-12(7-8-23)21(26)29-19-10-16(11-24)5-6-17(28-15(4)25)13(2)9-18-20(19)14(3)22(27)30-18/h5,7,9,11,17-20,23H,3,6,8,10H2,1-2,4H3/b12-7+,13-9-,16-5+/t17?,18-,19?,20+/m1/s1. The molecule has 1 N–H and O–H groups in total. The van der Waals surface area contributed by atoms with Crippen LogP contribution >= 0.6 is 0 Å². The number of hydrogen-bond acceptors (Lipinski definition) is 8. The van der Waals surface area contributed by atoms with Crippen molar-refractivity contribution >= 4 is 24.2 Å². The van der Waals surface area contributed by atoms with Crippen molar-refractivity contribution in [2.75, 3.05) is 6.61 Å². The Labute approximate surface area is 174 Å². The largest absolute Gasteiger partial charge is 0.458 e. The molecule has 4 atom stereocenters. The summed E-state index contributed by atoms with van der Waals surface area (Å²) in [4.78, 5) is 47.7. The lowest BCUT2D eigenvalue weighted by Gasteiger charge is -2.28. The molecule has 0 aromatic rings. The smallest absolute Gasteiger partial charge is 0.334 e. The summed E-state index contributed by atoms with van der Waals surface area (Å²) in [5, 5.41) is 9.00. The Balaban J connectivity index is 2.47. The van der Waals surface area contributed by atoms with Crippen molar-refractivity contribution in [1.82, 2.24) is 0 Å². The fraction of sp³-hybridized carbons (Fsp3) is 0.455. The number of carbonyl (C=O) groups excluding carboxylic acids is 4. The first-order valence-corrected chi connectivity index (χ1v) is 9.56. The van der Waals surface area contributed by atoms with Crippen molar-refractivity contribution in [3.05, 3.63) is 47.1 Å². The van der Waals surface area contributed by atoms with Gasteiger partial charge < -0.3 is 19.3 Å². The zero-order chi connectivity index (χ0) is 22.4. The lowest BCUT2D eigenvalue weighted by molar-refractivity contribution is -0.148. The van der Waals surface area contributed by atoms with E-state index in [4.69, 9.17) is 19.3 Å². The second-order valence-electron chi connectivity index (χ2n) is 7.28. The summed E-state index contributed by atoms with van der Waals surface area (Å²) in [5.41, 5.74) is 1.28. The molecule has 8 heteroatoms. The normalized spacial score (nSPS) is 30.7. The molecule has 0 saturated carbocycles. The van der Waals surface area contributed by atoms with Gasteiger partial charge in [0.25, 0.3) is 0 Å². The molecular weight excluding hydrogens is 392 g/mol. The first-order chi connectivity index (χ1) is 14.2. The number of aldehydes is 1. The summed E-state index contributed by atoms with van der Waals surface area (Å²) in [5.74, 6) is -2.51. The zero-order valence-electron chi connectivity index (χ0n) is 17.3. The molecule has 162 valence electrons. The predicted octanol–water partition coefficient (Wildman–Crippen LogP) is 1.73. The van der Waals surface area contributed by atoms with Crippen LogP contribution in [0.5, 0.6) is 0 Å². The van der Waals surface area contributed by atoms with Gasteiger partial charge in [-0.15, -0.1) is 0 Å². The lowest BCUT2D eigenvalue weighted by Crippen LogP contribution is -2.34. The van der Waals surface area contributed by atoms with Gasteiger partial charge in [0.1, 0.15) is 24.6 Å². The molecule has 1 aliphatic carbocycles. The van der Waals surface area contributed by atoms with E-state index in [9.17, 15) is 19.2 Å². The van der Waals surface area contributed by atoms with E-state index in [0.717, 1.165) is 0 Å². The third-order valence-electron chi connectivity index (χ3n) is 5.07. The Morgan fingerprint density at radius 2 is 2.03 bits per heavy atom. The van der Waals surface area contributed by atoms with E-state index in [0.29, 0.717) is 17.4 Å². The number of hydrogen-bond donors (Lipinski definition) is 1. The predicted molar refractivity (Wildman–Crippen MR) is 106 cm³/mol. The average Bonchev–Trinajstić information content (AvgIpc) is 2.95. The van der Waals surface area contributed by atoms with Gasteiger partial charge in [-0.3, -0.25) is 9.59 Å². The lowest BCUT2D eigenvalue weighted by atomic mass is 9.85. The maximum absolute atomic E-state index is 12.4. The van der Waals surface area contributed by atoms with Crippen molar-refractivity contribution in [2.45, 2.75) is 51.9 Å². The number of aliphatic hydroxyl groups excluding tert-OH is 1. The SMILES string of the molecule is C=C1C(=O)O[C@@H]2/C=C(/C)C(OC(C)=O)C/C=C(/C=O)CC(OC(=O)/C(C)=C/CO)[C@@H]12. The summed E-state index contributed by atoms with van der Waals surface area (Å²) in [6.45, 7) is 7.96. The van der Waals surface area contributed by atoms with Gasteiger partial charge in [0.05, 0.1) is 12.5 Å². The highest BCUT2D eigenvalue weighted by Gasteiger charge is 2.45. The molecule has 1 aliphatic heterocycles. The number of rotatable bonds is 5. The molecule has 0 aromatic heterocycles. The number of carbonyl (C=O) groups is 4. The Morgan fingerprint density at radius 3 is 2.63 bits per heavy atom. The molecular formula is C22H26O8. The minimum absolute atomic E-state index is 0.0259. The van der Waals surface area contributed by atoms with Gasteiger partial charge in [-0.1, -0.05) is 12.7 Å². The van der Waals surface area contributed by atoms with Gasteiger partial charge in [-0.2, -0.15) is 0 Å². The van der Waals surface area contributed by atoms with Gasteiger partial charge in [0, 0.05) is 30.9 Å². The summed E-state index contributed by atoms with van der Waals surface area (Å²) >= 11 is 0. The van der Waals surface area contributed by atoms with Crippen LogP contribution in [0.2, 0.25) is 0 Å². The molecule has 2 rings (SSSR count). The minimum Gasteiger partial charge on any atom is -0.458 e. The van der Waals surface area contributed by atoms with Crippen molar-refractivity contribution in [2.24, 2.45) is 5.92 Å². The van der Waals surface area contributed by atoms with E-state index < -0.39 is 42.1 Å². The quantitative estimate of drug-likeness (QED) is 0.236. The Bertz CT molecular complexity index is 832. The molecule has 1 saturated heterocycles. The molecule has 0 aromatic carbocycles. The van der Waals surface area contributed by atoms with Crippen LogP contribution in [0.3, 0.4) is 0 Å². The molecule has 0 bridgehead atoms. The summed E-state index contributed by atoms with van der Waals surface area (Å²) in [6.07, 6.45) is 3.17. The van der Waals surface area contributed by atoms with Crippen LogP contribution in [0.1, 0.15) is 33.6 Å². The highest BCUT2D eigenvalue weighted by molar-refractivity contribution is 5.92. The number of esters is 3. The molecule has 1 fully saturated rings. The number of aliphatic hydroxyl groups is 1. The maximum atomic E-state index is 12.4. The molecule has 0 spiro atoms.